The maximum atomic E-state index is 12.8. The van der Waals surface area contributed by atoms with Crippen LogP contribution in [-0.4, -0.2) is 18.5 Å². The summed E-state index contributed by atoms with van der Waals surface area (Å²) in [5.41, 5.74) is -1.32. The molecule has 7 heteroatoms. The maximum absolute atomic E-state index is 12.8. The van der Waals surface area contributed by atoms with Crippen molar-refractivity contribution in [2.45, 2.75) is 32.5 Å². The van der Waals surface area contributed by atoms with Crippen LogP contribution in [0.2, 0.25) is 0 Å². The number of hydrogen-bond acceptors (Lipinski definition) is 3. The van der Waals surface area contributed by atoms with Gasteiger partial charge in [0.25, 0.3) is 0 Å². The normalized spacial score (nSPS) is 12.4. The number of alkyl halides is 3. The molecular weight excluding hydrogens is 283 g/mol. The summed E-state index contributed by atoms with van der Waals surface area (Å²) in [7, 11) is 0. The van der Waals surface area contributed by atoms with Gasteiger partial charge in [0.2, 0.25) is 5.91 Å². The molecule has 0 radical (unpaired) electrons. The Labute approximate surface area is 121 Å². The number of carbonyl (C=O) groups excluding carboxylic acids is 1. The number of carbonyl (C=O) groups is 1. The average Bonchev–Trinajstić information content (AvgIpc) is 2.43. The predicted molar refractivity (Wildman–Crippen MR) is 72.5 cm³/mol. The topological polar surface area (TPSA) is 64.9 Å². The van der Waals surface area contributed by atoms with E-state index >= 15 is 0 Å². The number of nitrogens with one attached hydrogen (secondary N) is 2. The third kappa shape index (κ3) is 4.99. The van der Waals surface area contributed by atoms with E-state index in [0.29, 0.717) is 0 Å². The molecule has 0 spiro atoms. The van der Waals surface area contributed by atoms with E-state index in [1.165, 1.54) is 12.1 Å². The standard InChI is InChI=1S/C14H16F3N3O/c1-3-9(2)20-13(21)8-19-11-5-4-10(7-18)12(6-11)14(15,16)17/h4-6,9,19H,3,8H2,1-2H3,(H,20,21). The average molecular weight is 299 g/mol. The van der Waals surface area contributed by atoms with Crippen LogP contribution in [0.1, 0.15) is 31.4 Å². The number of nitrogens with zero attached hydrogens (tertiary/aromatic N) is 1. The molecule has 1 aromatic rings. The van der Waals surface area contributed by atoms with Gasteiger partial charge in [0, 0.05) is 11.7 Å². The molecule has 4 nitrogen and oxygen atoms in total. The number of hydrogen-bond donors (Lipinski definition) is 2. The number of amides is 1. The smallest absolute Gasteiger partial charge is 0.376 e. The first kappa shape index (κ1) is 16.8. The first-order valence-electron chi connectivity index (χ1n) is 6.42. The van der Waals surface area contributed by atoms with E-state index in [1.807, 2.05) is 13.8 Å². The molecule has 2 N–H and O–H groups in total. The molecule has 0 fully saturated rings. The van der Waals surface area contributed by atoms with Crippen molar-refractivity contribution in [2.75, 3.05) is 11.9 Å². The van der Waals surface area contributed by atoms with Crippen molar-refractivity contribution in [2.24, 2.45) is 0 Å². The lowest BCUT2D eigenvalue weighted by Gasteiger charge is -2.14. The highest BCUT2D eigenvalue weighted by atomic mass is 19.4. The number of nitriles is 1. The zero-order valence-electron chi connectivity index (χ0n) is 11.7. The van der Waals surface area contributed by atoms with Gasteiger partial charge in [-0.25, -0.2) is 0 Å². The van der Waals surface area contributed by atoms with Crippen LogP contribution >= 0.6 is 0 Å². The monoisotopic (exact) mass is 299 g/mol. The third-order valence-electron chi connectivity index (χ3n) is 2.92. The van der Waals surface area contributed by atoms with Gasteiger partial charge in [-0.1, -0.05) is 6.92 Å². The summed E-state index contributed by atoms with van der Waals surface area (Å²) >= 11 is 0. The highest BCUT2D eigenvalue weighted by Gasteiger charge is 2.33. The quantitative estimate of drug-likeness (QED) is 0.878. The molecule has 0 bridgehead atoms. The minimum atomic E-state index is -4.61. The van der Waals surface area contributed by atoms with E-state index in [4.69, 9.17) is 5.26 Å². The van der Waals surface area contributed by atoms with Gasteiger partial charge in [0.15, 0.2) is 0 Å². The summed E-state index contributed by atoms with van der Waals surface area (Å²) < 4.78 is 38.3. The lowest BCUT2D eigenvalue weighted by Crippen LogP contribution is -2.36. The third-order valence-corrected chi connectivity index (χ3v) is 2.92. The van der Waals surface area contributed by atoms with Gasteiger partial charge in [0.1, 0.15) is 0 Å². The van der Waals surface area contributed by atoms with E-state index in [2.05, 4.69) is 10.6 Å². The van der Waals surface area contributed by atoms with E-state index < -0.39 is 17.3 Å². The number of rotatable bonds is 5. The molecule has 0 heterocycles. The second-order valence-electron chi connectivity index (χ2n) is 4.60. The van der Waals surface area contributed by atoms with E-state index in [0.717, 1.165) is 18.6 Å². The van der Waals surface area contributed by atoms with Crippen LogP contribution in [0.3, 0.4) is 0 Å². The minimum Gasteiger partial charge on any atom is -0.376 e. The number of anilines is 1. The van der Waals surface area contributed by atoms with Crippen molar-refractivity contribution in [1.82, 2.24) is 5.32 Å². The molecule has 114 valence electrons. The van der Waals surface area contributed by atoms with Gasteiger partial charge in [0.05, 0.1) is 23.7 Å². The Morgan fingerprint density at radius 3 is 2.62 bits per heavy atom. The fourth-order valence-electron chi connectivity index (χ4n) is 1.60. The second-order valence-corrected chi connectivity index (χ2v) is 4.60. The van der Waals surface area contributed by atoms with E-state index in [1.54, 1.807) is 0 Å². The highest BCUT2D eigenvalue weighted by molar-refractivity contribution is 5.81. The van der Waals surface area contributed by atoms with Crippen molar-refractivity contribution in [3.05, 3.63) is 29.3 Å². The lowest BCUT2D eigenvalue weighted by atomic mass is 10.1. The Hall–Kier alpha value is -2.23. The van der Waals surface area contributed by atoms with Crippen molar-refractivity contribution in [3.63, 3.8) is 0 Å². The van der Waals surface area contributed by atoms with Gasteiger partial charge >= 0.3 is 6.18 Å². The first-order chi connectivity index (χ1) is 9.77. The molecule has 0 aliphatic carbocycles. The molecule has 0 aromatic heterocycles. The van der Waals surface area contributed by atoms with Gasteiger partial charge in [-0.05, 0) is 31.5 Å². The van der Waals surface area contributed by atoms with Crippen LogP contribution in [0.5, 0.6) is 0 Å². The molecule has 1 rings (SSSR count). The van der Waals surface area contributed by atoms with Crippen LogP contribution in [0.25, 0.3) is 0 Å². The molecule has 21 heavy (non-hydrogen) atoms. The summed E-state index contributed by atoms with van der Waals surface area (Å²) in [4.78, 5) is 11.5. The van der Waals surface area contributed by atoms with Gasteiger partial charge in [-0.15, -0.1) is 0 Å². The Balaban J connectivity index is 2.78. The molecule has 1 atom stereocenters. The van der Waals surface area contributed by atoms with Crippen LogP contribution < -0.4 is 10.6 Å². The molecule has 1 amide bonds. The maximum Gasteiger partial charge on any atom is 0.417 e. The SMILES string of the molecule is CCC(C)NC(=O)CNc1ccc(C#N)c(C(F)(F)F)c1. The fraction of sp³-hybridized carbons (Fsp3) is 0.429. The summed E-state index contributed by atoms with van der Waals surface area (Å²) in [6.45, 7) is 3.61. The van der Waals surface area contributed by atoms with Gasteiger partial charge in [-0.2, -0.15) is 18.4 Å². The second kappa shape index (κ2) is 6.97. The Morgan fingerprint density at radius 1 is 1.43 bits per heavy atom. The van der Waals surface area contributed by atoms with Crippen molar-refractivity contribution < 1.29 is 18.0 Å². The zero-order chi connectivity index (χ0) is 16.0. The van der Waals surface area contributed by atoms with E-state index in [-0.39, 0.29) is 24.2 Å². The molecule has 0 aliphatic rings. The fourth-order valence-corrected chi connectivity index (χ4v) is 1.60. The van der Waals surface area contributed by atoms with Crippen molar-refractivity contribution >= 4 is 11.6 Å². The lowest BCUT2D eigenvalue weighted by molar-refractivity contribution is -0.137. The van der Waals surface area contributed by atoms with Gasteiger partial charge < -0.3 is 10.6 Å². The summed E-state index contributed by atoms with van der Waals surface area (Å²) in [5.74, 6) is -0.303. The Kier molecular flexibility index (Phi) is 5.59. The minimum absolute atomic E-state index is 0.00556. The van der Waals surface area contributed by atoms with Crippen LogP contribution in [0.15, 0.2) is 18.2 Å². The zero-order valence-corrected chi connectivity index (χ0v) is 11.7. The van der Waals surface area contributed by atoms with Gasteiger partial charge in [-0.3, -0.25) is 4.79 Å². The molecule has 0 saturated heterocycles. The van der Waals surface area contributed by atoms with Crippen molar-refractivity contribution in [3.8, 4) is 6.07 Å². The summed E-state index contributed by atoms with van der Waals surface area (Å²) in [5, 5.41) is 14.0. The first-order valence-corrected chi connectivity index (χ1v) is 6.42. The Morgan fingerprint density at radius 2 is 2.10 bits per heavy atom. The number of halogens is 3. The summed E-state index contributed by atoms with van der Waals surface area (Å²) in [6.07, 6.45) is -3.84. The molecule has 0 saturated carbocycles. The highest BCUT2D eigenvalue weighted by Crippen LogP contribution is 2.33. The largest absolute Gasteiger partial charge is 0.417 e. The molecule has 1 unspecified atom stereocenters. The predicted octanol–water partition coefficient (Wildman–Crippen LogP) is 2.90. The van der Waals surface area contributed by atoms with Crippen molar-refractivity contribution in [1.29, 1.82) is 5.26 Å². The summed E-state index contributed by atoms with van der Waals surface area (Å²) in [6, 6.07) is 4.75. The molecular formula is C14H16F3N3O. The Bertz CT molecular complexity index is 549. The number of benzene rings is 1. The van der Waals surface area contributed by atoms with Crippen LogP contribution in [0.4, 0.5) is 18.9 Å². The van der Waals surface area contributed by atoms with Crippen LogP contribution in [-0.2, 0) is 11.0 Å². The molecule has 1 aromatic carbocycles. The molecule has 0 aliphatic heterocycles. The van der Waals surface area contributed by atoms with E-state index in [9.17, 15) is 18.0 Å². The van der Waals surface area contributed by atoms with Crippen LogP contribution in [0, 0.1) is 11.3 Å².